The Morgan fingerprint density at radius 2 is 1.53 bits per heavy atom. The van der Waals surface area contributed by atoms with E-state index in [2.05, 4.69) is 29.2 Å². The largest absolute Gasteiger partial charge is 0.495 e. The normalized spacial score (nSPS) is 14.3. The first-order chi connectivity index (χ1) is 18.2. The number of amides is 1. The fourth-order valence-corrected chi connectivity index (χ4v) is 5.55. The number of nitro groups is 1. The average molecular weight is 539 g/mol. The fraction of sp³-hybridized carbons (Fsp3) is 0.296. The van der Waals surface area contributed by atoms with E-state index in [1.807, 2.05) is 36.4 Å². The minimum Gasteiger partial charge on any atom is -0.495 e. The first kappa shape index (κ1) is 27.1. The highest BCUT2D eigenvalue weighted by Crippen LogP contribution is 2.34. The Morgan fingerprint density at radius 1 is 0.974 bits per heavy atom. The molecule has 1 heterocycles. The Balaban J connectivity index is 1.52. The molecule has 200 valence electrons. The summed E-state index contributed by atoms with van der Waals surface area (Å²) < 4.78 is 31.5. The Kier molecular flexibility index (Phi) is 8.28. The highest BCUT2D eigenvalue weighted by molar-refractivity contribution is 7.92. The summed E-state index contributed by atoms with van der Waals surface area (Å²) in [4.78, 5) is 27.9. The molecule has 0 radical (unpaired) electrons. The van der Waals surface area contributed by atoms with Crippen LogP contribution >= 0.6 is 0 Å². The maximum Gasteiger partial charge on any atom is 0.271 e. The quantitative estimate of drug-likeness (QED) is 0.303. The van der Waals surface area contributed by atoms with Gasteiger partial charge in [-0.1, -0.05) is 60.7 Å². The Hall–Kier alpha value is -3.96. The molecule has 0 bridgehead atoms. The Bertz CT molecular complexity index is 1340. The van der Waals surface area contributed by atoms with Gasteiger partial charge >= 0.3 is 0 Å². The third kappa shape index (κ3) is 6.12. The van der Waals surface area contributed by atoms with Gasteiger partial charge in [-0.15, -0.1) is 0 Å². The average Bonchev–Trinajstić information content (AvgIpc) is 2.92. The standard InChI is InChI=1S/C27H30N4O6S/c1-37-25-14-13-23(31(33)34)19-24(25)30(38(2,35)36)20-26(32)28-15-17-29(18-16-28)27(21-9-5-3-6-10-21)22-11-7-4-8-12-22/h3-14,19,27H,15-18,20H2,1-2H3. The molecule has 1 amide bonds. The summed E-state index contributed by atoms with van der Waals surface area (Å²) in [6, 6.07) is 24.0. The van der Waals surface area contributed by atoms with E-state index >= 15 is 0 Å². The number of piperazine rings is 1. The van der Waals surface area contributed by atoms with Crippen LogP contribution in [-0.4, -0.2) is 75.1 Å². The van der Waals surface area contributed by atoms with Gasteiger partial charge in [-0.2, -0.15) is 0 Å². The van der Waals surface area contributed by atoms with E-state index in [0.717, 1.165) is 27.8 Å². The van der Waals surface area contributed by atoms with Crippen LogP contribution in [-0.2, 0) is 14.8 Å². The van der Waals surface area contributed by atoms with Crippen molar-refractivity contribution in [2.24, 2.45) is 0 Å². The molecule has 0 N–H and O–H groups in total. The van der Waals surface area contributed by atoms with E-state index in [0.29, 0.717) is 26.2 Å². The molecule has 11 heteroatoms. The monoisotopic (exact) mass is 538 g/mol. The molecule has 3 aromatic rings. The van der Waals surface area contributed by atoms with Crippen LogP contribution < -0.4 is 9.04 Å². The summed E-state index contributed by atoms with van der Waals surface area (Å²) in [5.74, 6) is -0.271. The smallest absolute Gasteiger partial charge is 0.271 e. The molecule has 0 atom stereocenters. The molecule has 0 unspecified atom stereocenters. The molecule has 0 aliphatic carbocycles. The number of nitro benzene ring substituents is 1. The van der Waals surface area contributed by atoms with E-state index in [9.17, 15) is 23.3 Å². The number of carbonyl (C=O) groups is 1. The van der Waals surface area contributed by atoms with Crippen LogP contribution in [0.3, 0.4) is 0 Å². The molecule has 38 heavy (non-hydrogen) atoms. The topological polar surface area (TPSA) is 113 Å². The zero-order valence-corrected chi connectivity index (χ0v) is 22.1. The van der Waals surface area contributed by atoms with Crippen LogP contribution in [0, 0.1) is 10.1 Å². The van der Waals surface area contributed by atoms with Crippen molar-refractivity contribution in [3.63, 3.8) is 0 Å². The molecular weight excluding hydrogens is 508 g/mol. The molecule has 1 aliphatic rings. The van der Waals surface area contributed by atoms with Crippen molar-refractivity contribution in [1.82, 2.24) is 9.80 Å². The van der Waals surface area contributed by atoms with Crippen molar-refractivity contribution in [2.75, 3.05) is 50.4 Å². The molecule has 4 rings (SSSR count). The van der Waals surface area contributed by atoms with Crippen molar-refractivity contribution in [1.29, 1.82) is 0 Å². The number of sulfonamides is 1. The van der Waals surface area contributed by atoms with Crippen LogP contribution in [0.5, 0.6) is 5.75 Å². The van der Waals surface area contributed by atoms with Crippen LogP contribution in [0.2, 0.25) is 0 Å². The number of nitrogens with zero attached hydrogens (tertiary/aromatic N) is 4. The zero-order valence-electron chi connectivity index (χ0n) is 21.3. The summed E-state index contributed by atoms with van der Waals surface area (Å²) in [7, 11) is -2.61. The molecule has 0 spiro atoms. The fourth-order valence-electron chi connectivity index (χ4n) is 4.71. The molecule has 0 aromatic heterocycles. The maximum absolute atomic E-state index is 13.3. The van der Waals surface area contributed by atoms with E-state index in [1.54, 1.807) is 4.90 Å². The Labute approximate surface area is 222 Å². The minimum atomic E-state index is -3.95. The second-order valence-corrected chi connectivity index (χ2v) is 10.9. The number of benzene rings is 3. The molecule has 10 nitrogen and oxygen atoms in total. The highest BCUT2D eigenvalue weighted by atomic mass is 32.2. The number of carbonyl (C=O) groups excluding carboxylic acids is 1. The lowest BCUT2D eigenvalue weighted by Crippen LogP contribution is -2.52. The summed E-state index contributed by atoms with van der Waals surface area (Å²) in [6.45, 7) is 1.53. The number of non-ortho nitro benzene ring substituents is 1. The lowest BCUT2D eigenvalue weighted by Gasteiger charge is -2.40. The van der Waals surface area contributed by atoms with Crippen LogP contribution in [0.4, 0.5) is 11.4 Å². The van der Waals surface area contributed by atoms with E-state index in [1.165, 1.54) is 19.2 Å². The third-order valence-corrected chi connectivity index (χ3v) is 7.71. The molecule has 3 aromatic carbocycles. The van der Waals surface area contributed by atoms with Crippen molar-refractivity contribution in [3.8, 4) is 5.75 Å². The number of ether oxygens (including phenoxy) is 1. The molecule has 1 aliphatic heterocycles. The summed E-state index contributed by atoms with van der Waals surface area (Å²) in [5.41, 5.74) is 1.95. The second-order valence-electron chi connectivity index (χ2n) is 9.02. The van der Waals surface area contributed by atoms with Gasteiger partial charge in [0, 0.05) is 38.3 Å². The van der Waals surface area contributed by atoms with E-state index in [-0.39, 0.29) is 29.1 Å². The van der Waals surface area contributed by atoms with Gasteiger partial charge in [-0.25, -0.2) is 8.42 Å². The molecule has 0 saturated carbocycles. The van der Waals surface area contributed by atoms with Gasteiger partial charge in [0.25, 0.3) is 5.69 Å². The van der Waals surface area contributed by atoms with Crippen molar-refractivity contribution in [2.45, 2.75) is 6.04 Å². The van der Waals surface area contributed by atoms with Gasteiger partial charge in [0.1, 0.15) is 18.0 Å². The number of methoxy groups -OCH3 is 1. The van der Waals surface area contributed by atoms with Crippen molar-refractivity contribution in [3.05, 3.63) is 100 Å². The first-order valence-electron chi connectivity index (χ1n) is 12.1. The predicted molar refractivity (Wildman–Crippen MR) is 145 cm³/mol. The van der Waals surface area contributed by atoms with Gasteiger partial charge in [0.2, 0.25) is 15.9 Å². The minimum absolute atomic E-state index is 0.0244. The molecule has 1 fully saturated rings. The first-order valence-corrected chi connectivity index (χ1v) is 14.0. The molecule has 1 saturated heterocycles. The summed E-state index contributed by atoms with van der Waals surface area (Å²) in [5, 5.41) is 11.3. The lowest BCUT2D eigenvalue weighted by atomic mass is 9.96. The number of hydrogen-bond acceptors (Lipinski definition) is 7. The maximum atomic E-state index is 13.3. The van der Waals surface area contributed by atoms with Gasteiger partial charge < -0.3 is 9.64 Å². The van der Waals surface area contributed by atoms with Crippen molar-refractivity contribution >= 4 is 27.3 Å². The van der Waals surface area contributed by atoms with Crippen LogP contribution in [0.15, 0.2) is 78.9 Å². The Morgan fingerprint density at radius 3 is 2.00 bits per heavy atom. The van der Waals surface area contributed by atoms with Crippen LogP contribution in [0.1, 0.15) is 17.2 Å². The number of anilines is 1. The van der Waals surface area contributed by atoms with Gasteiger partial charge in [0.05, 0.1) is 24.3 Å². The zero-order chi connectivity index (χ0) is 27.3. The van der Waals surface area contributed by atoms with E-state index in [4.69, 9.17) is 4.74 Å². The summed E-state index contributed by atoms with van der Waals surface area (Å²) in [6.07, 6.45) is 0.959. The number of rotatable bonds is 9. The van der Waals surface area contributed by atoms with Crippen LogP contribution in [0.25, 0.3) is 0 Å². The predicted octanol–water partition coefficient (Wildman–Crippen LogP) is 3.30. The van der Waals surface area contributed by atoms with Gasteiger partial charge in [-0.3, -0.25) is 24.1 Å². The third-order valence-electron chi connectivity index (χ3n) is 6.58. The SMILES string of the molecule is COc1ccc([N+](=O)[O-])cc1N(CC(=O)N1CCN(C(c2ccccc2)c2ccccc2)CC1)S(C)(=O)=O. The van der Waals surface area contributed by atoms with Crippen molar-refractivity contribution < 1.29 is 22.9 Å². The highest BCUT2D eigenvalue weighted by Gasteiger charge is 2.31. The van der Waals surface area contributed by atoms with Gasteiger partial charge in [-0.05, 0) is 17.2 Å². The van der Waals surface area contributed by atoms with E-state index < -0.39 is 21.5 Å². The summed E-state index contributed by atoms with van der Waals surface area (Å²) >= 11 is 0. The second kappa shape index (κ2) is 11.6. The van der Waals surface area contributed by atoms with Gasteiger partial charge in [0.15, 0.2) is 0 Å². The molecular formula is C27H30N4O6S. The lowest BCUT2D eigenvalue weighted by molar-refractivity contribution is -0.384. The number of hydrogen-bond donors (Lipinski definition) is 0.